The van der Waals surface area contributed by atoms with E-state index in [0.29, 0.717) is 0 Å². The van der Waals surface area contributed by atoms with Crippen LogP contribution in [0.2, 0.25) is 0 Å². The van der Waals surface area contributed by atoms with Crippen molar-refractivity contribution in [2.45, 2.75) is 52.1 Å². The standard InChI is InChI=1S/C16H26N2O/c1-13(2)19-16-11-14(17)10-15(12-16)18-8-6-4-3-5-7-9-18/h10-13H,3-9,17H2,1-2H3. The quantitative estimate of drug-likeness (QED) is 0.841. The zero-order chi connectivity index (χ0) is 13.7. The summed E-state index contributed by atoms with van der Waals surface area (Å²) in [5, 5.41) is 0. The van der Waals surface area contributed by atoms with Gasteiger partial charge in [0.15, 0.2) is 0 Å². The van der Waals surface area contributed by atoms with Crippen LogP contribution < -0.4 is 15.4 Å². The number of benzene rings is 1. The first-order valence-electron chi connectivity index (χ1n) is 7.47. The molecule has 0 spiro atoms. The Hall–Kier alpha value is -1.38. The largest absolute Gasteiger partial charge is 0.491 e. The zero-order valence-electron chi connectivity index (χ0n) is 12.2. The lowest BCUT2D eigenvalue weighted by atomic mass is 10.1. The third kappa shape index (κ3) is 4.34. The molecule has 0 unspecified atom stereocenters. The van der Waals surface area contributed by atoms with Gasteiger partial charge in [-0.2, -0.15) is 0 Å². The first-order valence-corrected chi connectivity index (χ1v) is 7.47. The first-order chi connectivity index (χ1) is 9.15. The van der Waals surface area contributed by atoms with Gasteiger partial charge in [0.25, 0.3) is 0 Å². The van der Waals surface area contributed by atoms with E-state index >= 15 is 0 Å². The zero-order valence-corrected chi connectivity index (χ0v) is 12.2. The number of rotatable bonds is 3. The summed E-state index contributed by atoms with van der Waals surface area (Å²) in [7, 11) is 0. The van der Waals surface area contributed by atoms with Crippen molar-refractivity contribution in [1.82, 2.24) is 0 Å². The topological polar surface area (TPSA) is 38.5 Å². The molecule has 106 valence electrons. The van der Waals surface area contributed by atoms with Gasteiger partial charge in [0.2, 0.25) is 0 Å². The molecule has 1 fully saturated rings. The number of hydrogen-bond donors (Lipinski definition) is 1. The van der Waals surface area contributed by atoms with Gasteiger partial charge in [-0.15, -0.1) is 0 Å². The van der Waals surface area contributed by atoms with Gasteiger partial charge in [-0.1, -0.05) is 19.3 Å². The maximum absolute atomic E-state index is 6.01. The normalized spacial score (nSPS) is 17.1. The Labute approximate surface area is 116 Å². The second kappa shape index (κ2) is 6.69. The van der Waals surface area contributed by atoms with Crippen LogP contribution in [0.4, 0.5) is 11.4 Å². The highest BCUT2D eigenvalue weighted by Crippen LogP contribution is 2.27. The Kier molecular flexibility index (Phi) is 4.94. The van der Waals surface area contributed by atoms with Gasteiger partial charge in [-0.3, -0.25) is 0 Å². The molecular weight excluding hydrogens is 236 g/mol. The summed E-state index contributed by atoms with van der Waals surface area (Å²) in [5.74, 6) is 0.882. The van der Waals surface area contributed by atoms with E-state index in [4.69, 9.17) is 10.5 Å². The van der Waals surface area contributed by atoms with Crippen molar-refractivity contribution in [3.8, 4) is 5.75 Å². The van der Waals surface area contributed by atoms with Gasteiger partial charge < -0.3 is 15.4 Å². The third-order valence-corrected chi connectivity index (χ3v) is 3.51. The van der Waals surface area contributed by atoms with E-state index in [1.165, 1.54) is 37.8 Å². The minimum Gasteiger partial charge on any atom is -0.491 e. The van der Waals surface area contributed by atoms with Crippen molar-refractivity contribution in [2.75, 3.05) is 23.7 Å². The highest BCUT2D eigenvalue weighted by Gasteiger charge is 2.11. The molecule has 1 aliphatic heterocycles. The summed E-state index contributed by atoms with van der Waals surface area (Å²) in [6.07, 6.45) is 6.79. The molecule has 1 aromatic rings. The van der Waals surface area contributed by atoms with E-state index in [1.807, 2.05) is 19.9 Å². The number of nitrogens with zero attached hydrogens (tertiary/aromatic N) is 1. The van der Waals surface area contributed by atoms with Gasteiger partial charge >= 0.3 is 0 Å². The Bertz CT molecular complexity index is 396. The van der Waals surface area contributed by atoms with Gasteiger partial charge in [0.05, 0.1) is 6.10 Å². The molecule has 1 heterocycles. The minimum atomic E-state index is 0.182. The number of ether oxygens (including phenoxy) is 1. The van der Waals surface area contributed by atoms with E-state index in [2.05, 4.69) is 17.0 Å². The van der Waals surface area contributed by atoms with Crippen LogP contribution in [0.25, 0.3) is 0 Å². The van der Waals surface area contributed by atoms with E-state index < -0.39 is 0 Å². The van der Waals surface area contributed by atoms with E-state index in [1.54, 1.807) is 0 Å². The van der Waals surface area contributed by atoms with Crippen LogP contribution in [-0.4, -0.2) is 19.2 Å². The lowest BCUT2D eigenvalue weighted by Crippen LogP contribution is -2.27. The van der Waals surface area contributed by atoms with Crippen LogP contribution in [-0.2, 0) is 0 Å². The van der Waals surface area contributed by atoms with Crippen LogP contribution in [0, 0.1) is 0 Å². The average molecular weight is 262 g/mol. The lowest BCUT2D eigenvalue weighted by molar-refractivity contribution is 0.242. The summed E-state index contributed by atoms with van der Waals surface area (Å²) in [6.45, 7) is 6.34. The fourth-order valence-electron chi connectivity index (χ4n) is 2.63. The number of nitrogens with two attached hydrogens (primary N) is 1. The smallest absolute Gasteiger partial charge is 0.123 e. The lowest BCUT2D eigenvalue weighted by Gasteiger charge is -2.27. The molecule has 0 atom stereocenters. The third-order valence-electron chi connectivity index (χ3n) is 3.51. The molecular formula is C16H26N2O. The number of anilines is 2. The summed E-state index contributed by atoms with van der Waals surface area (Å²) in [6, 6.07) is 6.10. The molecule has 0 saturated carbocycles. The molecule has 2 rings (SSSR count). The van der Waals surface area contributed by atoms with E-state index in [9.17, 15) is 0 Å². The highest BCUT2D eigenvalue weighted by atomic mass is 16.5. The van der Waals surface area contributed by atoms with Crippen LogP contribution >= 0.6 is 0 Å². The predicted octanol–water partition coefficient (Wildman–Crippen LogP) is 3.83. The van der Waals surface area contributed by atoms with Crippen molar-refractivity contribution < 1.29 is 4.74 Å². The summed E-state index contributed by atoms with van der Waals surface area (Å²) in [5.41, 5.74) is 8.00. The van der Waals surface area contributed by atoms with Crippen LogP contribution in [0.15, 0.2) is 18.2 Å². The van der Waals surface area contributed by atoms with Crippen LogP contribution in [0.1, 0.15) is 46.0 Å². The van der Waals surface area contributed by atoms with Gasteiger partial charge in [0, 0.05) is 36.6 Å². The monoisotopic (exact) mass is 262 g/mol. The van der Waals surface area contributed by atoms with Crippen LogP contribution in [0.3, 0.4) is 0 Å². The average Bonchev–Trinajstić information content (AvgIpc) is 2.26. The molecule has 3 heteroatoms. The maximum atomic E-state index is 6.01. The molecule has 0 bridgehead atoms. The molecule has 1 saturated heterocycles. The second-order valence-electron chi connectivity index (χ2n) is 5.68. The molecule has 0 amide bonds. The summed E-state index contributed by atoms with van der Waals surface area (Å²) in [4.78, 5) is 2.45. The first kappa shape index (κ1) is 14.0. The van der Waals surface area contributed by atoms with Gasteiger partial charge in [-0.05, 0) is 32.8 Å². The summed E-state index contributed by atoms with van der Waals surface area (Å²) < 4.78 is 5.78. The Balaban J connectivity index is 2.14. The van der Waals surface area contributed by atoms with Gasteiger partial charge in [0.1, 0.15) is 5.75 Å². The van der Waals surface area contributed by atoms with Crippen LogP contribution in [0.5, 0.6) is 5.75 Å². The molecule has 2 N–H and O–H groups in total. The van der Waals surface area contributed by atoms with E-state index in [0.717, 1.165) is 24.5 Å². The molecule has 19 heavy (non-hydrogen) atoms. The number of hydrogen-bond acceptors (Lipinski definition) is 3. The molecule has 0 radical (unpaired) electrons. The number of nitrogen functional groups attached to an aromatic ring is 1. The van der Waals surface area contributed by atoms with Crippen molar-refractivity contribution >= 4 is 11.4 Å². The van der Waals surface area contributed by atoms with Crippen molar-refractivity contribution in [3.63, 3.8) is 0 Å². The van der Waals surface area contributed by atoms with Crippen molar-refractivity contribution in [1.29, 1.82) is 0 Å². The molecule has 1 aromatic carbocycles. The van der Waals surface area contributed by atoms with Crippen molar-refractivity contribution in [2.24, 2.45) is 0 Å². The Morgan fingerprint density at radius 1 is 1.00 bits per heavy atom. The molecule has 1 aliphatic rings. The maximum Gasteiger partial charge on any atom is 0.123 e. The fourth-order valence-corrected chi connectivity index (χ4v) is 2.63. The fraction of sp³-hybridized carbons (Fsp3) is 0.625. The Morgan fingerprint density at radius 2 is 1.63 bits per heavy atom. The van der Waals surface area contributed by atoms with Gasteiger partial charge in [-0.25, -0.2) is 0 Å². The highest BCUT2D eigenvalue weighted by molar-refractivity contribution is 5.60. The SMILES string of the molecule is CC(C)Oc1cc(N)cc(N2CCCCCCC2)c1. The summed E-state index contributed by atoms with van der Waals surface area (Å²) >= 11 is 0. The van der Waals surface area contributed by atoms with Crippen molar-refractivity contribution in [3.05, 3.63) is 18.2 Å². The Morgan fingerprint density at radius 3 is 2.26 bits per heavy atom. The van der Waals surface area contributed by atoms with E-state index in [-0.39, 0.29) is 6.10 Å². The molecule has 0 aromatic heterocycles. The predicted molar refractivity (Wildman–Crippen MR) is 81.9 cm³/mol. The molecule has 3 nitrogen and oxygen atoms in total. The molecule has 0 aliphatic carbocycles. The second-order valence-corrected chi connectivity index (χ2v) is 5.68. The minimum absolute atomic E-state index is 0.182.